The van der Waals surface area contributed by atoms with E-state index < -0.39 is 18.3 Å². The van der Waals surface area contributed by atoms with Crippen LogP contribution in [-0.2, 0) is 14.4 Å². The van der Waals surface area contributed by atoms with Crippen LogP contribution in [0.3, 0.4) is 0 Å². The summed E-state index contributed by atoms with van der Waals surface area (Å²) in [6, 6.07) is 13.1. The molecule has 0 aliphatic heterocycles. The number of benzene rings is 2. The summed E-state index contributed by atoms with van der Waals surface area (Å²) in [6.45, 7) is 22.1. The van der Waals surface area contributed by atoms with Gasteiger partial charge in [-0.1, -0.05) is 44.5 Å². The first kappa shape index (κ1) is 27.4. The highest BCUT2D eigenvalue weighted by atomic mass is 32.2. The molecule has 2 rings (SSSR count). The maximum Gasteiger partial charge on any atom is 0.261 e. The van der Waals surface area contributed by atoms with Crippen molar-refractivity contribution in [1.82, 2.24) is 0 Å². The number of aryl methyl sites for hydroxylation is 2. The molecule has 0 aliphatic carbocycles. The summed E-state index contributed by atoms with van der Waals surface area (Å²) in [5.41, 5.74) is 3.46. The maximum atomic E-state index is 13.2. The fraction of sp³-hybridized carbons (Fsp3) is 0.538. The predicted molar refractivity (Wildman–Crippen MR) is 143 cm³/mol. The van der Waals surface area contributed by atoms with E-state index >= 15 is 0 Å². The third kappa shape index (κ3) is 6.84. The van der Waals surface area contributed by atoms with Crippen LogP contribution in [0.2, 0.25) is 18.1 Å². The van der Waals surface area contributed by atoms with Crippen molar-refractivity contribution in [3.05, 3.63) is 53.6 Å². The Hall–Kier alpha value is -1.83. The summed E-state index contributed by atoms with van der Waals surface area (Å²) in [4.78, 5) is 2.51. The molecule has 0 heterocycles. The summed E-state index contributed by atoms with van der Waals surface area (Å²) < 4.78 is 35.7. The average Bonchev–Trinajstić information content (AvgIpc) is 2.67. The molecule has 184 valence electrons. The van der Waals surface area contributed by atoms with Crippen LogP contribution >= 0.6 is 0 Å². The van der Waals surface area contributed by atoms with E-state index in [0.717, 1.165) is 16.8 Å². The van der Waals surface area contributed by atoms with E-state index in [1.54, 1.807) is 12.1 Å². The molecule has 33 heavy (non-hydrogen) atoms. The molecular weight excluding hydrogens is 448 g/mol. The summed E-state index contributed by atoms with van der Waals surface area (Å²) in [7, 11) is -5.61. The Kier molecular flexibility index (Phi) is 8.47. The topological polar surface area (TPSA) is 58.6 Å². The smallest absolute Gasteiger partial charge is 0.261 e. The molecule has 2 aromatic carbocycles. The molecule has 0 saturated heterocycles. The van der Waals surface area contributed by atoms with Gasteiger partial charge in [-0.25, -0.2) is 8.42 Å². The van der Waals surface area contributed by atoms with E-state index in [0.29, 0.717) is 12.3 Å². The molecule has 2 aromatic rings. The van der Waals surface area contributed by atoms with Gasteiger partial charge in [-0.15, -0.1) is 0 Å². The third-order valence-electron chi connectivity index (χ3n) is 6.53. The lowest BCUT2D eigenvalue weighted by Gasteiger charge is -2.41. The Balaban J connectivity index is 2.39. The minimum Gasteiger partial charge on any atom is -0.415 e. The number of hydrogen-bond acceptors (Lipinski definition) is 4. The average molecular weight is 491 g/mol. The van der Waals surface area contributed by atoms with Crippen molar-refractivity contribution in [2.75, 3.05) is 16.2 Å². The van der Waals surface area contributed by atoms with Crippen LogP contribution < -0.4 is 9.62 Å². The number of hydrogen-bond donors (Lipinski definition) is 1. The fourth-order valence-electron chi connectivity index (χ4n) is 3.53. The van der Waals surface area contributed by atoms with Gasteiger partial charge >= 0.3 is 0 Å². The van der Waals surface area contributed by atoms with E-state index in [9.17, 15) is 8.42 Å². The summed E-state index contributed by atoms with van der Waals surface area (Å²) in [6.07, 6.45) is 0. The quantitative estimate of drug-likeness (QED) is 0.396. The van der Waals surface area contributed by atoms with Crippen LogP contribution in [0, 0.1) is 13.8 Å². The second-order valence-corrected chi connectivity index (χ2v) is 17.4. The van der Waals surface area contributed by atoms with Gasteiger partial charge in [0.05, 0.1) is 22.9 Å². The van der Waals surface area contributed by atoms with Gasteiger partial charge in [-0.05, 0) is 82.6 Å². The number of rotatable bonds is 9. The van der Waals surface area contributed by atoms with Crippen molar-refractivity contribution in [2.24, 2.45) is 0 Å². The molecule has 0 amide bonds. The van der Waals surface area contributed by atoms with E-state index in [-0.39, 0.29) is 22.0 Å². The Morgan fingerprint density at radius 2 is 1.52 bits per heavy atom. The number of anilines is 2. The molecule has 5 nitrogen and oxygen atoms in total. The molecular formula is C26H42N2O3SSi. The largest absolute Gasteiger partial charge is 0.415 e. The summed E-state index contributed by atoms with van der Waals surface area (Å²) in [5, 5.41) is 0.133. The Morgan fingerprint density at radius 1 is 0.970 bits per heavy atom. The maximum absolute atomic E-state index is 13.2. The van der Waals surface area contributed by atoms with Gasteiger partial charge in [0.1, 0.15) is 0 Å². The second-order valence-electron chi connectivity index (χ2n) is 10.9. The van der Waals surface area contributed by atoms with Crippen LogP contribution in [0.25, 0.3) is 0 Å². The standard InChI is InChI=1S/C26H42N2O3SSi/c1-19(2)28(22(5)18-31-33(9,10)26(6,7)8)25-16-13-21(4)17-24(25)27-32(29,30)23-14-11-20(3)12-15-23/h11-17,19,22,27H,18H2,1-10H3/t22-/m1/s1. The monoisotopic (exact) mass is 490 g/mol. The van der Waals surface area contributed by atoms with E-state index in [1.165, 1.54) is 0 Å². The first-order chi connectivity index (χ1) is 15.0. The van der Waals surface area contributed by atoms with Crippen LogP contribution in [0.5, 0.6) is 0 Å². The number of nitrogens with one attached hydrogen (secondary N) is 1. The van der Waals surface area contributed by atoms with Crippen LogP contribution in [0.15, 0.2) is 47.4 Å². The third-order valence-corrected chi connectivity index (χ3v) is 12.4. The highest BCUT2D eigenvalue weighted by Gasteiger charge is 2.38. The molecule has 0 radical (unpaired) electrons. The van der Waals surface area contributed by atoms with Crippen LogP contribution in [0.4, 0.5) is 11.4 Å². The Labute approximate surface area is 202 Å². The lowest BCUT2D eigenvalue weighted by Crippen LogP contribution is -2.47. The van der Waals surface area contributed by atoms with Crippen molar-refractivity contribution in [3.8, 4) is 0 Å². The molecule has 7 heteroatoms. The molecule has 0 saturated carbocycles. The highest BCUT2D eigenvalue weighted by Crippen LogP contribution is 2.37. The molecule has 1 atom stereocenters. The Bertz CT molecular complexity index is 1040. The van der Waals surface area contributed by atoms with Crippen molar-refractivity contribution >= 4 is 29.7 Å². The summed E-state index contributed by atoms with van der Waals surface area (Å²) >= 11 is 0. The zero-order valence-corrected chi connectivity index (χ0v) is 23.8. The van der Waals surface area contributed by atoms with Crippen molar-refractivity contribution in [1.29, 1.82) is 0 Å². The van der Waals surface area contributed by atoms with Gasteiger partial charge in [-0.2, -0.15) is 0 Å². The minimum atomic E-state index is -3.71. The van der Waals surface area contributed by atoms with Gasteiger partial charge in [-0.3, -0.25) is 4.72 Å². The van der Waals surface area contributed by atoms with Crippen molar-refractivity contribution in [2.45, 2.75) is 90.5 Å². The molecule has 0 fully saturated rings. The van der Waals surface area contributed by atoms with Crippen LogP contribution in [-0.4, -0.2) is 35.4 Å². The molecule has 0 aromatic heterocycles. The fourth-order valence-corrected chi connectivity index (χ4v) is 5.68. The van der Waals surface area contributed by atoms with Gasteiger partial charge < -0.3 is 9.33 Å². The van der Waals surface area contributed by atoms with E-state index in [1.807, 2.05) is 44.2 Å². The molecule has 0 aliphatic rings. The highest BCUT2D eigenvalue weighted by molar-refractivity contribution is 7.92. The predicted octanol–water partition coefficient (Wildman–Crippen LogP) is 6.73. The number of nitrogens with zero attached hydrogens (tertiary/aromatic N) is 1. The van der Waals surface area contributed by atoms with Gasteiger partial charge in [0.25, 0.3) is 10.0 Å². The Morgan fingerprint density at radius 3 is 2.03 bits per heavy atom. The van der Waals surface area contributed by atoms with E-state index in [2.05, 4.69) is 64.3 Å². The zero-order valence-electron chi connectivity index (χ0n) is 22.0. The SMILES string of the molecule is Cc1ccc(S(=O)(=O)Nc2cc(C)ccc2N(C(C)C)[C@H](C)CO[Si](C)(C)C(C)(C)C)cc1. The zero-order chi connectivity index (χ0) is 25.2. The summed E-state index contributed by atoms with van der Waals surface area (Å²) in [5.74, 6) is 0. The van der Waals surface area contributed by atoms with Gasteiger partial charge in [0, 0.05) is 12.1 Å². The minimum absolute atomic E-state index is 0.0736. The molecule has 1 N–H and O–H groups in total. The van der Waals surface area contributed by atoms with Gasteiger partial charge in [0.2, 0.25) is 0 Å². The van der Waals surface area contributed by atoms with Crippen LogP contribution in [0.1, 0.15) is 52.7 Å². The van der Waals surface area contributed by atoms with Crippen molar-refractivity contribution < 1.29 is 12.8 Å². The van der Waals surface area contributed by atoms with Gasteiger partial charge in [0.15, 0.2) is 8.32 Å². The second kappa shape index (κ2) is 10.2. The van der Waals surface area contributed by atoms with E-state index in [4.69, 9.17) is 4.43 Å². The molecule has 0 bridgehead atoms. The first-order valence-corrected chi connectivity index (χ1v) is 16.1. The molecule has 0 spiro atoms. The van der Waals surface area contributed by atoms with Crippen molar-refractivity contribution in [3.63, 3.8) is 0 Å². The normalized spacial score (nSPS) is 13.8. The lowest BCUT2D eigenvalue weighted by molar-refractivity contribution is 0.260. The first-order valence-electron chi connectivity index (χ1n) is 11.7. The lowest BCUT2D eigenvalue weighted by atomic mass is 10.1. The molecule has 0 unspecified atom stereocenters. The number of sulfonamides is 1.